The lowest BCUT2D eigenvalue weighted by atomic mass is 9.72. The van der Waals surface area contributed by atoms with E-state index < -0.39 is 122 Å². The highest BCUT2D eigenvalue weighted by Gasteiger charge is 2.48. The molecule has 21 heteroatoms. The Hall–Kier alpha value is -3.72. The summed E-state index contributed by atoms with van der Waals surface area (Å²) in [5.41, 5.74) is 0.349. The van der Waals surface area contributed by atoms with Crippen LogP contribution in [0, 0.1) is 6.92 Å². The quantitative estimate of drug-likeness (QED) is 0.159. The molecule has 22 atom stereocenters. The first kappa shape index (κ1) is 55.6. The number of aryl methyl sites for hydroxylation is 1. The van der Waals surface area contributed by atoms with Gasteiger partial charge in [0.1, 0.15) is 35.6 Å². The van der Waals surface area contributed by atoms with Crippen LogP contribution in [0.25, 0.3) is 5.57 Å². The van der Waals surface area contributed by atoms with Crippen LogP contribution in [0.1, 0.15) is 137 Å². The molecule has 10 rings (SSSR count). The first-order chi connectivity index (χ1) is 36.2. The molecule has 6 fully saturated rings. The zero-order valence-corrected chi connectivity index (χ0v) is 43.9. The van der Waals surface area contributed by atoms with E-state index >= 15 is 0 Å². The van der Waals surface area contributed by atoms with Gasteiger partial charge in [0.2, 0.25) is 6.29 Å². The fourth-order valence-electron chi connectivity index (χ4n) is 12.1. The average molecular weight is 1070 g/mol. The molecule has 2 aliphatic carbocycles. The summed E-state index contributed by atoms with van der Waals surface area (Å²) < 4.78 is 74.7. The van der Waals surface area contributed by atoms with Gasteiger partial charge in [-0.05, 0) is 97.1 Å². The van der Waals surface area contributed by atoms with Gasteiger partial charge in [-0.3, -0.25) is 9.59 Å². The number of aromatic hydroxyl groups is 2. The molecule has 0 spiro atoms. The maximum absolute atomic E-state index is 14.4. The fourth-order valence-corrected chi connectivity index (χ4v) is 12.1. The number of carbonyl (C=O) groups excluding carboxylic acids is 2. The van der Waals surface area contributed by atoms with Crippen molar-refractivity contribution in [1.82, 2.24) is 0 Å². The maximum atomic E-state index is 14.4. The molecule has 6 saturated heterocycles. The Morgan fingerprint density at radius 3 is 1.59 bits per heavy atom. The summed E-state index contributed by atoms with van der Waals surface area (Å²) in [7, 11) is 0. The van der Waals surface area contributed by atoms with Crippen LogP contribution in [0.5, 0.6) is 17.2 Å². The summed E-state index contributed by atoms with van der Waals surface area (Å²) in [6, 6.07) is 5.74. The van der Waals surface area contributed by atoms with Gasteiger partial charge >= 0.3 is 0 Å². The van der Waals surface area contributed by atoms with E-state index in [9.17, 15) is 45.3 Å². The van der Waals surface area contributed by atoms with Crippen LogP contribution >= 0.6 is 0 Å². The summed E-state index contributed by atoms with van der Waals surface area (Å²) in [6.45, 7) is 12.6. The molecule has 6 heterocycles. The van der Waals surface area contributed by atoms with E-state index in [2.05, 4.69) is 0 Å². The Balaban J connectivity index is 0.695. The van der Waals surface area contributed by atoms with Crippen molar-refractivity contribution >= 4 is 17.1 Å². The Bertz CT molecular complexity index is 2450. The monoisotopic (exact) mass is 1070 g/mol. The Morgan fingerprint density at radius 1 is 0.487 bits per heavy atom. The molecule has 0 amide bonds. The Kier molecular flexibility index (Phi) is 16.7. The van der Waals surface area contributed by atoms with Crippen LogP contribution in [0.4, 0.5) is 0 Å². The number of carbonyl (C=O) groups is 2. The summed E-state index contributed by atoms with van der Waals surface area (Å²) in [4.78, 5) is 28.4. The molecule has 21 nitrogen and oxygen atoms in total. The van der Waals surface area contributed by atoms with Crippen molar-refractivity contribution in [2.75, 3.05) is 0 Å². The van der Waals surface area contributed by atoms with Gasteiger partial charge in [0.25, 0.3) is 0 Å². The number of benzene rings is 2. The lowest BCUT2D eigenvalue weighted by Crippen LogP contribution is -2.55. The summed E-state index contributed by atoms with van der Waals surface area (Å²) >= 11 is 0. The molecule has 0 bridgehead atoms. The lowest BCUT2D eigenvalue weighted by molar-refractivity contribution is -0.333. The van der Waals surface area contributed by atoms with Crippen molar-refractivity contribution in [3.63, 3.8) is 0 Å². The smallest absolute Gasteiger partial charge is 0.202 e. The van der Waals surface area contributed by atoms with Crippen molar-refractivity contribution < 1.29 is 102 Å². The van der Waals surface area contributed by atoms with Crippen LogP contribution < -0.4 is 4.74 Å². The average Bonchev–Trinajstić information content (AvgIpc) is 3.42. The second kappa shape index (κ2) is 22.8. The highest BCUT2D eigenvalue weighted by molar-refractivity contribution is 6.43. The van der Waals surface area contributed by atoms with Crippen LogP contribution in [0.15, 0.2) is 29.8 Å². The molecule has 420 valence electrons. The van der Waals surface area contributed by atoms with Gasteiger partial charge < -0.3 is 92.6 Å². The summed E-state index contributed by atoms with van der Waals surface area (Å²) in [5.74, 6) is -2.32. The summed E-state index contributed by atoms with van der Waals surface area (Å²) in [6.07, 6.45) is -11.7. The molecular formula is C55H74O21. The number of hydrogen-bond donors (Lipinski definition) is 7. The fraction of sp³-hybridized carbons (Fsp3) is 0.709. The standard InChI is InChI=1S/C55H74O21/c1-22-16-29-18-33(59)48-50(46(29)32(58)17-22)54(64)49-37(10-8-31(57)47(49)53(48)63)73-43-19-34(60)55(28(7)70-43)76-45-21-39(52(62)27(6)69-45)75-42-15-11-35(24(3)67-42)71-41-14-12-36(25(4)66-41)72-44-20-38(51(61)26(5)68-44)74-40-13-9-30(56)23(2)65-40/h8,10,16-17,23-28,30,33-36,38-45,51-52,55-62H,9,11-15,18-21H2,1-7H3. The molecule has 2 aromatic carbocycles. The third kappa shape index (κ3) is 11.4. The van der Waals surface area contributed by atoms with E-state index in [4.69, 9.17) is 56.8 Å². The molecule has 0 saturated carbocycles. The number of Topliss-reactive ketones (excluding diaryl/α,β-unsaturated/α-hetero) is 2. The van der Waals surface area contributed by atoms with Crippen LogP contribution in [0.3, 0.4) is 0 Å². The maximum Gasteiger partial charge on any atom is 0.202 e. The van der Waals surface area contributed by atoms with E-state index in [1.165, 1.54) is 18.2 Å². The molecule has 2 aromatic rings. The van der Waals surface area contributed by atoms with Gasteiger partial charge in [-0.1, -0.05) is 6.07 Å². The number of aliphatic hydroxyl groups is 5. The van der Waals surface area contributed by atoms with Crippen LogP contribution in [-0.2, 0) is 58.5 Å². The number of phenolic OH excluding ortho intramolecular Hbond substituents is 2. The normalized spacial score (nSPS) is 42.0. The zero-order chi connectivity index (χ0) is 54.0. The van der Waals surface area contributed by atoms with E-state index in [0.717, 1.165) is 0 Å². The van der Waals surface area contributed by atoms with Crippen molar-refractivity contribution in [3.8, 4) is 17.2 Å². The van der Waals surface area contributed by atoms with Gasteiger partial charge in [0.05, 0.1) is 90.5 Å². The number of aliphatic hydroxyl groups excluding tert-OH is 5. The van der Waals surface area contributed by atoms with Crippen LogP contribution in [-0.4, -0.2) is 183 Å². The molecule has 0 aromatic heterocycles. The molecule has 22 unspecified atom stereocenters. The number of ether oxygens (including phenoxy) is 12. The minimum Gasteiger partial charge on any atom is -0.507 e. The predicted octanol–water partition coefficient (Wildman–Crippen LogP) is 3.88. The van der Waals surface area contributed by atoms with Crippen molar-refractivity contribution in [1.29, 1.82) is 0 Å². The van der Waals surface area contributed by atoms with Gasteiger partial charge in [0, 0.05) is 61.7 Å². The minimum atomic E-state index is -1.36. The molecule has 76 heavy (non-hydrogen) atoms. The number of allylic oxidation sites excluding steroid dienone is 1. The number of hydrogen-bond acceptors (Lipinski definition) is 21. The van der Waals surface area contributed by atoms with E-state index in [1.54, 1.807) is 40.7 Å². The number of ketones is 2. The highest BCUT2D eigenvalue weighted by Crippen LogP contribution is 2.48. The third-order valence-corrected chi connectivity index (χ3v) is 16.3. The molecule has 0 radical (unpaired) electrons. The number of fused-ring (bicyclic) bond motifs is 3. The van der Waals surface area contributed by atoms with Gasteiger partial charge in [0.15, 0.2) is 43.0 Å². The van der Waals surface area contributed by atoms with Crippen molar-refractivity contribution in [2.24, 2.45) is 0 Å². The largest absolute Gasteiger partial charge is 0.507 e. The number of phenols is 2. The molecule has 8 aliphatic rings. The van der Waals surface area contributed by atoms with Gasteiger partial charge in [-0.2, -0.15) is 0 Å². The van der Waals surface area contributed by atoms with E-state index in [0.29, 0.717) is 56.1 Å². The SMILES string of the molecule is Cc1cc(O)c2c(c1)CC(O)C1=C2C(=O)c2c(OC3CC(O)C(OC4CC(OC5CCC(OC6CCC(OC7CC(OC8CCC(O)C(C)O8)C(O)C(C)O7)C(C)O6)C(C)O5)C(O)C(C)O4)C(C)O3)ccc(O)c2C1=O. The second-order valence-electron chi connectivity index (χ2n) is 21.9. The lowest BCUT2D eigenvalue weighted by Gasteiger charge is -2.45. The van der Waals surface area contributed by atoms with E-state index in [-0.39, 0.29) is 89.1 Å². The first-order valence-corrected chi connectivity index (χ1v) is 27.0. The second-order valence-corrected chi connectivity index (χ2v) is 21.9. The zero-order valence-electron chi connectivity index (χ0n) is 43.9. The van der Waals surface area contributed by atoms with Gasteiger partial charge in [-0.15, -0.1) is 0 Å². The minimum absolute atomic E-state index is 0.0129. The molecular weight excluding hydrogens is 997 g/mol. The molecule has 6 aliphatic heterocycles. The van der Waals surface area contributed by atoms with E-state index in [1.807, 2.05) is 13.8 Å². The van der Waals surface area contributed by atoms with Gasteiger partial charge in [-0.25, -0.2) is 0 Å². The molecule has 7 N–H and O–H groups in total. The third-order valence-electron chi connectivity index (χ3n) is 16.3. The Morgan fingerprint density at radius 2 is 1.01 bits per heavy atom. The highest BCUT2D eigenvalue weighted by atomic mass is 16.8. The van der Waals surface area contributed by atoms with Crippen molar-refractivity contribution in [2.45, 2.75) is 248 Å². The topological polar surface area (TPSA) is 287 Å². The number of rotatable bonds is 12. The van der Waals surface area contributed by atoms with Crippen molar-refractivity contribution in [3.05, 3.63) is 57.7 Å². The summed E-state index contributed by atoms with van der Waals surface area (Å²) in [5, 5.41) is 76.7. The Labute approximate surface area is 441 Å². The first-order valence-electron chi connectivity index (χ1n) is 27.0. The predicted molar refractivity (Wildman–Crippen MR) is 263 cm³/mol. The van der Waals surface area contributed by atoms with Crippen LogP contribution in [0.2, 0.25) is 0 Å².